The Labute approximate surface area is 79.6 Å². The summed E-state index contributed by atoms with van der Waals surface area (Å²) in [6.45, 7) is 4.73. The normalized spacial score (nSPS) is 14.5. The van der Waals surface area contributed by atoms with Crippen LogP contribution in [0.4, 0.5) is 0 Å². The zero-order chi connectivity index (χ0) is 10.3. The van der Waals surface area contributed by atoms with Gasteiger partial charge in [-0.2, -0.15) is 0 Å². The maximum Gasteiger partial charge on any atom is 0.0524 e. The predicted octanol–water partition coefficient (Wildman–Crippen LogP) is -0.662. The molecule has 1 atom stereocenters. The fourth-order valence-corrected chi connectivity index (χ4v) is 0.863. The van der Waals surface area contributed by atoms with Crippen molar-refractivity contribution in [3.8, 4) is 0 Å². The summed E-state index contributed by atoms with van der Waals surface area (Å²) in [6.07, 6.45) is 0.384. The molecule has 0 rings (SSSR count). The van der Waals surface area contributed by atoms with E-state index < -0.39 is 5.41 Å². The summed E-state index contributed by atoms with van der Waals surface area (Å²) in [4.78, 5) is 0. The Morgan fingerprint density at radius 1 is 1.31 bits per heavy atom. The van der Waals surface area contributed by atoms with Gasteiger partial charge in [0.2, 0.25) is 0 Å². The average molecular weight is 191 g/mol. The highest BCUT2D eigenvalue weighted by atomic mass is 16.3. The molecule has 0 heterocycles. The molecular weight excluding hydrogens is 170 g/mol. The van der Waals surface area contributed by atoms with Gasteiger partial charge in [-0.25, -0.2) is 0 Å². The average Bonchev–Trinajstić information content (AvgIpc) is 2.12. The van der Waals surface area contributed by atoms with E-state index >= 15 is 0 Å². The quantitative estimate of drug-likeness (QED) is 0.403. The molecule has 0 radical (unpaired) electrons. The highest BCUT2D eigenvalue weighted by Gasteiger charge is 2.21. The van der Waals surface area contributed by atoms with Crippen LogP contribution in [0, 0.1) is 5.41 Å². The van der Waals surface area contributed by atoms with Crippen molar-refractivity contribution in [2.45, 2.75) is 26.4 Å². The molecule has 0 amide bonds. The van der Waals surface area contributed by atoms with Crippen LogP contribution < -0.4 is 5.32 Å². The van der Waals surface area contributed by atoms with Crippen LogP contribution in [0.15, 0.2) is 0 Å². The lowest BCUT2D eigenvalue weighted by Crippen LogP contribution is -2.38. The Hall–Kier alpha value is -0.160. The van der Waals surface area contributed by atoms with Crippen molar-refractivity contribution in [2.75, 3.05) is 26.3 Å². The monoisotopic (exact) mass is 191 g/mol. The third-order valence-corrected chi connectivity index (χ3v) is 2.05. The second-order valence-electron chi connectivity index (χ2n) is 3.94. The second-order valence-corrected chi connectivity index (χ2v) is 3.94. The highest BCUT2D eigenvalue weighted by molar-refractivity contribution is 4.74. The van der Waals surface area contributed by atoms with Gasteiger partial charge in [-0.3, -0.25) is 0 Å². The van der Waals surface area contributed by atoms with Crippen LogP contribution in [0.5, 0.6) is 0 Å². The molecule has 0 fully saturated rings. The first-order chi connectivity index (χ1) is 6.04. The van der Waals surface area contributed by atoms with Gasteiger partial charge in [-0.15, -0.1) is 0 Å². The summed E-state index contributed by atoms with van der Waals surface area (Å²) in [6, 6.07) is 0. The molecule has 0 aliphatic heterocycles. The Morgan fingerprint density at radius 3 is 2.23 bits per heavy atom. The smallest absolute Gasteiger partial charge is 0.0524 e. The summed E-state index contributed by atoms with van der Waals surface area (Å²) in [5.41, 5.74) is -0.460. The fraction of sp³-hybridized carbons (Fsp3) is 1.00. The standard InChI is InChI=1S/C9H21NO3/c1-8(13)3-4-10-5-9(2,6-11)7-12/h8,10-13H,3-7H2,1-2H3. The summed E-state index contributed by atoms with van der Waals surface area (Å²) >= 11 is 0. The SMILES string of the molecule is CC(O)CCNCC(C)(CO)CO. The molecular formula is C9H21NO3. The first-order valence-electron chi connectivity index (χ1n) is 4.64. The molecule has 0 bridgehead atoms. The van der Waals surface area contributed by atoms with Crippen LogP contribution >= 0.6 is 0 Å². The summed E-state index contributed by atoms with van der Waals surface area (Å²) < 4.78 is 0. The van der Waals surface area contributed by atoms with E-state index in [0.29, 0.717) is 19.5 Å². The number of hydrogen-bond acceptors (Lipinski definition) is 4. The van der Waals surface area contributed by atoms with Crippen molar-refractivity contribution in [3.63, 3.8) is 0 Å². The van der Waals surface area contributed by atoms with E-state index in [0.717, 1.165) is 0 Å². The first kappa shape index (κ1) is 12.8. The zero-order valence-electron chi connectivity index (χ0n) is 8.45. The molecule has 4 heteroatoms. The van der Waals surface area contributed by atoms with Gasteiger partial charge in [0.1, 0.15) is 0 Å². The van der Waals surface area contributed by atoms with E-state index in [2.05, 4.69) is 5.32 Å². The van der Waals surface area contributed by atoms with Crippen molar-refractivity contribution >= 4 is 0 Å². The Kier molecular flexibility index (Phi) is 6.24. The van der Waals surface area contributed by atoms with Gasteiger partial charge < -0.3 is 20.6 Å². The minimum Gasteiger partial charge on any atom is -0.396 e. The largest absolute Gasteiger partial charge is 0.396 e. The van der Waals surface area contributed by atoms with E-state index in [4.69, 9.17) is 15.3 Å². The summed E-state index contributed by atoms with van der Waals surface area (Å²) in [5.74, 6) is 0. The van der Waals surface area contributed by atoms with Gasteiger partial charge in [-0.05, 0) is 19.9 Å². The minimum absolute atomic E-state index is 0.0365. The topological polar surface area (TPSA) is 72.7 Å². The van der Waals surface area contributed by atoms with Crippen LogP contribution in [0.2, 0.25) is 0 Å². The molecule has 4 N–H and O–H groups in total. The lowest BCUT2D eigenvalue weighted by atomic mass is 9.93. The molecule has 0 aliphatic carbocycles. The third kappa shape index (κ3) is 5.99. The number of rotatable bonds is 7. The van der Waals surface area contributed by atoms with Crippen molar-refractivity contribution in [1.82, 2.24) is 5.32 Å². The van der Waals surface area contributed by atoms with Gasteiger partial charge in [0.25, 0.3) is 0 Å². The predicted molar refractivity (Wildman–Crippen MR) is 51.4 cm³/mol. The lowest BCUT2D eigenvalue weighted by Gasteiger charge is -2.24. The van der Waals surface area contributed by atoms with Crippen LogP contribution in [-0.4, -0.2) is 47.7 Å². The maximum atomic E-state index is 8.96. The molecule has 0 aromatic rings. The molecule has 4 nitrogen and oxygen atoms in total. The molecule has 0 aliphatic rings. The third-order valence-electron chi connectivity index (χ3n) is 2.05. The highest BCUT2D eigenvalue weighted by Crippen LogP contribution is 2.11. The van der Waals surface area contributed by atoms with E-state index in [1.807, 2.05) is 6.92 Å². The Balaban J connectivity index is 3.50. The molecule has 1 unspecified atom stereocenters. The number of hydrogen-bond donors (Lipinski definition) is 4. The van der Waals surface area contributed by atoms with Gasteiger partial charge in [0, 0.05) is 12.0 Å². The van der Waals surface area contributed by atoms with E-state index in [1.54, 1.807) is 6.92 Å². The van der Waals surface area contributed by atoms with Crippen molar-refractivity contribution < 1.29 is 15.3 Å². The van der Waals surface area contributed by atoms with Crippen LogP contribution in [0.3, 0.4) is 0 Å². The maximum absolute atomic E-state index is 8.96. The fourth-order valence-electron chi connectivity index (χ4n) is 0.863. The second kappa shape index (κ2) is 6.32. The zero-order valence-corrected chi connectivity index (χ0v) is 8.45. The van der Waals surface area contributed by atoms with Crippen LogP contribution in [-0.2, 0) is 0 Å². The van der Waals surface area contributed by atoms with E-state index in [9.17, 15) is 0 Å². The Bertz CT molecular complexity index is 124. The number of aliphatic hydroxyl groups excluding tert-OH is 3. The first-order valence-corrected chi connectivity index (χ1v) is 4.64. The van der Waals surface area contributed by atoms with Gasteiger partial charge >= 0.3 is 0 Å². The van der Waals surface area contributed by atoms with Gasteiger partial charge in [0.15, 0.2) is 0 Å². The van der Waals surface area contributed by atoms with Gasteiger partial charge in [0.05, 0.1) is 19.3 Å². The van der Waals surface area contributed by atoms with Crippen molar-refractivity contribution in [1.29, 1.82) is 0 Å². The molecule has 0 aromatic heterocycles. The molecule has 0 saturated carbocycles. The molecule has 0 saturated heterocycles. The number of nitrogens with one attached hydrogen (secondary N) is 1. The molecule has 80 valence electrons. The van der Waals surface area contributed by atoms with E-state index in [1.165, 1.54) is 0 Å². The molecule has 0 aromatic carbocycles. The minimum atomic E-state index is -0.460. The van der Waals surface area contributed by atoms with Gasteiger partial charge in [-0.1, -0.05) is 6.92 Å². The summed E-state index contributed by atoms with van der Waals surface area (Å²) in [5, 5.41) is 29.9. The van der Waals surface area contributed by atoms with Crippen LogP contribution in [0.1, 0.15) is 20.3 Å². The molecule has 13 heavy (non-hydrogen) atoms. The van der Waals surface area contributed by atoms with E-state index in [-0.39, 0.29) is 19.3 Å². The number of aliphatic hydroxyl groups is 3. The lowest BCUT2D eigenvalue weighted by molar-refractivity contribution is 0.0689. The Morgan fingerprint density at radius 2 is 1.85 bits per heavy atom. The van der Waals surface area contributed by atoms with Crippen molar-refractivity contribution in [2.24, 2.45) is 5.41 Å². The summed E-state index contributed by atoms with van der Waals surface area (Å²) in [7, 11) is 0. The van der Waals surface area contributed by atoms with Crippen LogP contribution in [0.25, 0.3) is 0 Å². The van der Waals surface area contributed by atoms with Crippen molar-refractivity contribution in [3.05, 3.63) is 0 Å². The molecule has 0 spiro atoms.